The van der Waals surface area contributed by atoms with Crippen molar-refractivity contribution < 1.29 is 14.6 Å². The zero-order valence-electron chi connectivity index (χ0n) is 13.6. The molecule has 6 nitrogen and oxygen atoms in total. The van der Waals surface area contributed by atoms with Crippen LogP contribution in [0.5, 0.6) is 5.75 Å². The molecule has 1 saturated heterocycles. The van der Waals surface area contributed by atoms with Gasteiger partial charge < -0.3 is 20.1 Å². The third kappa shape index (κ3) is 3.59. The second-order valence-electron chi connectivity index (χ2n) is 5.87. The Morgan fingerprint density at radius 2 is 2.17 bits per heavy atom. The monoisotopic (exact) mass is 327 g/mol. The average Bonchev–Trinajstić information content (AvgIpc) is 3.09. The van der Waals surface area contributed by atoms with Gasteiger partial charge in [0, 0.05) is 19.6 Å². The summed E-state index contributed by atoms with van der Waals surface area (Å²) in [5, 5.41) is 12.2. The smallest absolute Gasteiger partial charge is 0.354 e. The Bertz CT molecular complexity index is 720. The van der Waals surface area contributed by atoms with Gasteiger partial charge in [0.15, 0.2) is 5.69 Å². The number of hydrogen-bond acceptors (Lipinski definition) is 5. The predicted molar refractivity (Wildman–Crippen MR) is 93.0 cm³/mol. The topological polar surface area (TPSA) is 74.7 Å². The molecule has 6 heteroatoms. The predicted octanol–water partition coefficient (Wildman–Crippen LogP) is 2.73. The molecule has 24 heavy (non-hydrogen) atoms. The van der Waals surface area contributed by atoms with Crippen LogP contribution in [-0.4, -0.2) is 42.8 Å². The number of aromatic carboxylic acids is 1. The molecule has 0 saturated carbocycles. The van der Waals surface area contributed by atoms with Gasteiger partial charge in [0.05, 0.1) is 12.8 Å². The molecule has 1 aliphatic rings. The molecule has 1 fully saturated rings. The lowest BCUT2D eigenvalue weighted by Crippen LogP contribution is -2.23. The zero-order valence-corrected chi connectivity index (χ0v) is 13.6. The quantitative estimate of drug-likeness (QED) is 0.850. The minimum absolute atomic E-state index is 0.0575. The number of hydrogen-bond donors (Lipinski definition) is 2. The Balaban J connectivity index is 1.59. The molecular weight excluding hydrogens is 306 g/mol. The van der Waals surface area contributed by atoms with Crippen LogP contribution in [0.3, 0.4) is 0 Å². The third-order valence-corrected chi connectivity index (χ3v) is 4.25. The number of carboxylic acid groups (broad SMARTS) is 1. The van der Waals surface area contributed by atoms with Gasteiger partial charge in [-0.2, -0.15) is 0 Å². The fourth-order valence-corrected chi connectivity index (χ4v) is 3.01. The van der Waals surface area contributed by atoms with Gasteiger partial charge in [0.25, 0.3) is 0 Å². The number of aromatic nitrogens is 1. The van der Waals surface area contributed by atoms with Gasteiger partial charge in [0.2, 0.25) is 0 Å². The van der Waals surface area contributed by atoms with E-state index in [2.05, 4.69) is 21.3 Å². The molecule has 126 valence electrons. The molecule has 0 spiro atoms. The first-order valence-corrected chi connectivity index (χ1v) is 7.99. The fraction of sp³-hybridized carbons (Fsp3) is 0.333. The Hall–Kier alpha value is -2.76. The third-order valence-electron chi connectivity index (χ3n) is 4.25. The SMILES string of the molecule is COc1ccccc1N1CCC(CNc2cccc(C(=O)O)n2)C1. The fourth-order valence-electron chi connectivity index (χ4n) is 3.01. The highest BCUT2D eigenvalue weighted by Gasteiger charge is 2.24. The van der Waals surface area contributed by atoms with Crippen LogP contribution in [0.1, 0.15) is 16.9 Å². The van der Waals surface area contributed by atoms with E-state index in [0.29, 0.717) is 11.7 Å². The van der Waals surface area contributed by atoms with Crippen LogP contribution in [0, 0.1) is 5.92 Å². The molecule has 0 amide bonds. The maximum absolute atomic E-state index is 11.0. The van der Waals surface area contributed by atoms with Crippen LogP contribution in [0.15, 0.2) is 42.5 Å². The molecule has 1 aromatic carbocycles. The van der Waals surface area contributed by atoms with Crippen molar-refractivity contribution in [3.05, 3.63) is 48.2 Å². The Morgan fingerprint density at radius 3 is 2.96 bits per heavy atom. The Morgan fingerprint density at radius 1 is 1.33 bits per heavy atom. The van der Waals surface area contributed by atoms with Crippen molar-refractivity contribution in [3.63, 3.8) is 0 Å². The molecule has 1 unspecified atom stereocenters. The van der Waals surface area contributed by atoms with Gasteiger partial charge in [-0.25, -0.2) is 9.78 Å². The molecular formula is C18H21N3O3. The van der Waals surface area contributed by atoms with Crippen molar-refractivity contribution in [1.82, 2.24) is 4.98 Å². The van der Waals surface area contributed by atoms with E-state index < -0.39 is 5.97 Å². The number of carboxylic acids is 1. The van der Waals surface area contributed by atoms with E-state index in [1.165, 1.54) is 6.07 Å². The lowest BCUT2D eigenvalue weighted by atomic mass is 10.1. The summed E-state index contributed by atoms with van der Waals surface area (Å²) in [5.74, 6) is 0.958. The normalized spacial score (nSPS) is 16.9. The molecule has 2 aromatic rings. The molecule has 0 aliphatic carbocycles. The van der Waals surface area contributed by atoms with Crippen LogP contribution in [0.4, 0.5) is 11.5 Å². The number of rotatable bonds is 6. The maximum Gasteiger partial charge on any atom is 0.354 e. The Kier molecular flexibility index (Phi) is 4.84. The van der Waals surface area contributed by atoms with Crippen LogP contribution in [0.2, 0.25) is 0 Å². The first-order valence-electron chi connectivity index (χ1n) is 7.99. The number of pyridine rings is 1. The van der Waals surface area contributed by atoms with Crippen molar-refractivity contribution in [3.8, 4) is 5.75 Å². The Labute approximate surface area is 141 Å². The number of carbonyl (C=O) groups is 1. The van der Waals surface area contributed by atoms with E-state index in [1.54, 1.807) is 19.2 Å². The summed E-state index contributed by atoms with van der Waals surface area (Å²) in [6.07, 6.45) is 1.07. The maximum atomic E-state index is 11.0. The van der Waals surface area contributed by atoms with Gasteiger partial charge in [0.1, 0.15) is 11.6 Å². The van der Waals surface area contributed by atoms with Gasteiger partial charge in [-0.3, -0.25) is 0 Å². The van der Waals surface area contributed by atoms with E-state index in [-0.39, 0.29) is 5.69 Å². The molecule has 1 atom stereocenters. The van der Waals surface area contributed by atoms with Crippen molar-refractivity contribution >= 4 is 17.5 Å². The summed E-state index contributed by atoms with van der Waals surface area (Å²) < 4.78 is 5.43. The number of benzene rings is 1. The minimum atomic E-state index is -1.01. The average molecular weight is 327 g/mol. The van der Waals surface area contributed by atoms with Gasteiger partial charge >= 0.3 is 5.97 Å². The van der Waals surface area contributed by atoms with Gasteiger partial charge in [-0.05, 0) is 36.6 Å². The summed E-state index contributed by atoms with van der Waals surface area (Å²) in [5.41, 5.74) is 1.18. The lowest BCUT2D eigenvalue weighted by Gasteiger charge is -2.21. The summed E-state index contributed by atoms with van der Waals surface area (Å²) in [7, 11) is 1.69. The van der Waals surface area contributed by atoms with Crippen LogP contribution in [0.25, 0.3) is 0 Å². The summed E-state index contributed by atoms with van der Waals surface area (Å²) in [6, 6.07) is 13.0. The first-order chi connectivity index (χ1) is 11.7. The summed E-state index contributed by atoms with van der Waals surface area (Å²) in [6.45, 7) is 2.68. The number of para-hydroxylation sites is 2. The number of nitrogens with one attached hydrogen (secondary N) is 1. The van der Waals surface area contributed by atoms with E-state index in [4.69, 9.17) is 9.84 Å². The van der Waals surface area contributed by atoms with Crippen LogP contribution >= 0.6 is 0 Å². The number of methoxy groups -OCH3 is 1. The molecule has 0 radical (unpaired) electrons. The van der Waals surface area contributed by atoms with E-state index in [1.807, 2.05) is 18.2 Å². The molecule has 2 N–H and O–H groups in total. The van der Waals surface area contributed by atoms with Crippen molar-refractivity contribution in [2.45, 2.75) is 6.42 Å². The highest BCUT2D eigenvalue weighted by atomic mass is 16.5. The second-order valence-corrected chi connectivity index (χ2v) is 5.87. The van der Waals surface area contributed by atoms with Crippen molar-refractivity contribution in [1.29, 1.82) is 0 Å². The number of nitrogens with zero attached hydrogens (tertiary/aromatic N) is 2. The van der Waals surface area contributed by atoms with E-state index in [9.17, 15) is 4.79 Å². The summed E-state index contributed by atoms with van der Waals surface area (Å²) in [4.78, 5) is 17.4. The molecule has 0 bridgehead atoms. The highest BCUT2D eigenvalue weighted by molar-refractivity contribution is 5.85. The number of ether oxygens (including phenoxy) is 1. The molecule has 1 aliphatic heterocycles. The van der Waals surface area contributed by atoms with Crippen LogP contribution in [-0.2, 0) is 0 Å². The van der Waals surface area contributed by atoms with Crippen molar-refractivity contribution in [2.24, 2.45) is 5.92 Å². The second kappa shape index (κ2) is 7.21. The van der Waals surface area contributed by atoms with Gasteiger partial charge in [-0.15, -0.1) is 0 Å². The molecule has 3 rings (SSSR count). The van der Waals surface area contributed by atoms with E-state index >= 15 is 0 Å². The zero-order chi connectivity index (χ0) is 16.9. The standard InChI is InChI=1S/C18H21N3O3/c1-24-16-7-3-2-6-15(16)21-10-9-13(12-21)11-19-17-8-4-5-14(20-17)18(22)23/h2-8,13H,9-12H2,1H3,(H,19,20)(H,22,23). The van der Waals surface area contributed by atoms with Crippen molar-refractivity contribution in [2.75, 3.05) is 37.0 Å². The first kappa shape index (κ1) is 16.1. The van der Waals surface area contributed by atoms with Gasteiger partial charge in [-0.1, -0.05) is 18.2 Å². The minimum Gasteiger partial charge on any atom is -0.495 e. The summed E-state index contributed by atoms with van der Waals surface area (Å²) >= 11 is 0. The van der Waals surface area contributed by atoms with E-state index in [0.717, 1.165) is 37.5 Å². The largest absolute Gasteiger partial charge is 0.495 e. The number of anilines is 2. The molecule has 1 aromatic heterocycles. The highest BCUT2D eigenvalue weighted by Crippen LogP contribution is 2.31. The van der Waals surface area contributed by atoms with Crippen LogP contribution < -0.4 is 15.0 Å². The molecule has 2 heterocycles. The lowest BCUT2D eigenvalue weighted by molar-refractivity contribution is 0.0690.